The number of hydrogen-bond acceptors (Lipinski definition) is 1. The van der Waals surface area contributed by atoms with Gasteiger partial charge in [-0.15, -0.1) is 0 Å². The van der Waals surface area contributed by atoms with Gasteiger partial charge in [-0.05, 0) is 12.8 Å². The summed E-state index contributed by atoms with van der Waals surface area (Å²) < 4.78 is 26.7. The number of piperidine rings is 1. The first-order valence-corrected chi connectivity index (χ1v) is 5.59. The summed E-state index contributed by atoms with van der Waals surface area (Å²) in [5, 5.41) is 0. The van der Waals surface area contributed by atoms with Gasteiger partial charge in [-0.3, -0.25) is 4.79 Å². The van der Waals surface area contributed by atoms with Crippen LogP contribution in [0.5, 0.6) is 0 Å². The summed E-state index contributed by atoms with van der Waals surface area (Å²) in [6.07, 6.45) is 1.71. The molecule has 0 aromatic rings. The molecule has 86 valence electrons. The lowest BCUT2D eigenvalue weighted by atomic mass is 9.97. The lowest BCUT2D eigenvalue weighted by molar-refractivity contribution is -0.132. The highest BCUT2D eigenvalue weighted by Crippen LogP contribution is 2.69. The molecule has 0 N–H and O–H groups in total. The van der Waals surface area contributed by atoms with E-state index in [9.17, 15) is 13.6 Å². The quantitative estimate of drug-likeness (QED) is 0.695. The van der Waals surface area contributed by atoms with Gasteiger partial charge in [-0.25, -0.2) is 8.78 Å². The van der Waals surface area contributed by atoms with E-state index in [1.54, 1.807) is 11.8 Å². The normalized spacial score (nSPS) is 37.3. The molecule has 2 rings (SSSR count). The van der Waals surface area contributed by atoms with Crippen LogP contribution in [-0.4, -0.2) is 29.8 Å². The fourth-order valence-electron chi connectivity index (χ4n) is 2.61. The van der Waals surface area contributed by atoms with E-state index in [1.807, 2.05) is 6.92 Å². The van der Waals surface area contributed by atoms with Gasteiger partial charge in [0.05, 0.1) is 5.92 Å². The van der Waals surface area contributed by atoms with Crippen molar-refractivity contribution in [2.24, 2.45) is 11.3 Å². The molecule has 2 fully saturated rings. The number of likely N-dealkylation sites (tertiary alicyclic amines) is 1. The molecule has 0 bridgehead atoms. The largest absolute Gasteiger partial charge is 0.342 e. The Hall–Kier alpha value is -0.670. The van der Waals surface area contributed by atoms with Crippen LogP contribution < -0.4 is 0 Å². The molecule has 2 atom stereocenters. The standard InChI is InChI=1S/C11H17F2NO/c1-3-4-9(15)14-6-5-10(2)8(7-14)11(10,12)13/h8H,3-7H2,1-2H3. The Morgan fingerprint density at radius 1 is 1.53 bits per heavy atom. The Labute approximate surface area is 88.6 Å². The topological polar surface area (TPSA) is 20.3 Å². The van der Waals surface area contributed by atoms with Crippen LogP contribution in [0.1, 0.15) is 33.1 Å². The summed E-state index contributed by atoms with van der Waals surface area (Å²) in [5.74, 6) is -3.12. The van der Waals surface area contributed by atoms with Gasteiger partial charge in [0.15, 0.2) is 0 Å². The average Bonchev–Trinajstić information content (AvgIpc) is 2.61. The highest BCUT2D eigenvalue weighted by molar-refractivity contribution is 5.76. The van der Waals surface area contributed by atoms with Crippen LogP contribution in [0.3, 0.4) is 0 Å². The molecular weight excluding hydrogens is 200 g/mol. The molecule has 1 saturated heterocycles. The van der Waals surface area contributed by atoms with Gasteiger partial charge in [-0.2, -0.15) is 0 Å². The Morgan fingerprint density at radius 2 is 2.20 bits per heavy atom. The Morgan fingerprint density at radius 3 is 2.73 bits per heavy atom. The van der Waals surface area contributed by atoms with E-state index in [0.717, 1.165) is 6.42 Å². The molecule has 1 aliphatic heterocycles. The lowest BCUT2D eigenvalue weighted by Gasteiger charge is -2.28. The van der Waals surface area contributed by atoms with Crippen molar-refractivity contribution in [3.05, 3.63) is 0 Å². The Kier molecular flexibility index (Phi) is 2.28. The summed E-state index contributed by atoms with van der Waals surface area (Å²) in [6.45, 7) is 4.32. The third kappa shape index (κ3) is 1.37. The van der Waals surface area contributed by atoms with Crippen LogP contribution in [0, 0.1) is 11.3 Å². The van der Waals surface area contributed by atoms with Gasteiger partial charge < -0.3 is 4.90 Å². The summed E-state index contributed by atoms with van der Waals surface area (Å²) in [4.78, 5) is 13.2. The highest BCUT2D eigenvalue weighted by atomic mass is 19.3. The Bertz CT molecular complexity index is 292. The third-order valence-electron chi connectivity index (χ3n) is 4.01. The number of amides is 1. The van der Waals surface area contributed by atoms with Crippen LogP contribution in [0.15, 0.2) is 0 Å². The summed E-state index contributed by atoms with van der Waals surface area (Å²) in [5.41, 5.74) is -0.823. The van der Waals surface area contributed by atoms with Gasteiger partial charge in [0.25, 0.3) is 5.92 Å². The minimum Gasteiger partial charge on any atom is -0.342 e. The van der Waals surface area contributed by atoms with Gasteiger partial charge in [0.1, 0.15) is 0 Å². The Balaban J connectivity index is 1.99. The first kappa shape index (κ1) is 10.8. The maximum Gasteiger partial charge on any atom is 0.259 e. The van der Waals surface area contributed by atoms with E-state index in [2.05, 4.69) is 0 Å². The number of alkyl halides is 2. The minimum atomic E-state index is -2.55. The smallest absolute Gasteiger partial charge is 0.259 e. The van der Waals surface area contributed by atoms with Crippen LogP contribution in [-0.2, 0) is 4.79 Å². The monoisotopic (exact) mass is 217 g/mol. The molecule has 0 spiro atoms. The van der Waals surface area contributed by atoms with Crippen LogP contribution in [0.4, 0.5) is 8.78 Å². The highest BCUT2D eigenvalue weighted by Gasteiger charge is 2.78. The average molecular weight is 217 g/mol. The first-order chi connectivity index (χ1) is 6.93. The third-order valence-corrected chi connectivity index (χ3v) is 4.01. The van der Waals surface area contributed by atoms with Gasteiger partial charge in [0.2, 0.25) is 5.91 Å². The van der Waals surface area contributed by atoms with E-state index in [0.29, 0.717) is 19.4 Å². The zero-order valence-electron chi connectivity index (χ0n) is 9.22. The molecule has 1 aliphatic carbocycles. The van der Waals surface area contributed by atoms with Crippen molar-refractivity contribution < 1.29 is 13.6 Å². The zero-order valence-corrected chi connectivity index (χ0v) is 9.22. The van der Waals surface area contributed by atoms with Gasteiger partial charge in [-0.1, -0.05) is 13.8 Å². The zero-order chi connectivity index (χ0) is 11.3. The summed E-state index contributed by atoms with van der Waals surface area (Å²) >= 11 is 0. The number of hydrogen-bond donors (Lipinski definition) is 0. The van der Waals surface area contributed by atoms with Crippen molar-refractivity contribution in [2.45, 2.75) is 39.0 Å². The van der Waals surface area contributed by atoms with Crippen LogP contribution in [0.25, 0.3) is 0 Å². The molecule has 4 heteroatoms. The molecule has 2 aliphatic rings. The van der Waals surface area contributed by atoms with E-state index in [-0.39, 0.29) is 12.5 Å². The molecule has 1 saturated carbocycles. The maximum absolute atomic E-state index is 13.4. The van der Waals surface area contributed by atoms with E-state index in [4.69, 9.17) is 0 Å². The fraction of sp³-hybridized carbons (Fsp3) is 0.909. The molecule has 2 unspecified atom stereocenters. The molecular formula is C11H17F2NO. The van der Waals surface area contributed by atoms with Crippen LogP contribution >= 0.6 is 0 Å². The van der Waals surface area contributed by atoms with Crippen molar-refractivity contribution in [2.75, 3.05) is 13.1 Å². The maximum atomic E-state index is 13.4. The molecule has 2 nitrogen and oxygen atoms in total. The number of nitrogens with zero attached hydrogens (tertiary/aromatic N) is 1. The lowest BCUT2D eigenvalue weighted by Crippen LogP contribution is -2.38. The van der Waals surface area contributed by atoms with Crippen molar-refractivity contribution in [3.63, 3.8) is 0 Å². The van der Waals surface area contributed by atoms with Gasteiger partial charge in [0, 0.05) is 24.9 Å². The molecule has 1 heterocycles. The van der Waals surface area contributed by atoms with E-state index in [1.165, 1.54) is 0 Å². The SMILES string of the molecule is CCCC(=O)N1CCC2(C)C(C1)C2(F)F. The van der Waals surface area contributed by atoms with Crippen molar-refractivity contribution >= 4 is 5.91 Å². The second-order valence-electron chi connectivity index (χ2n) is 4.93. The number of fused-ring (bicyclic) bond motifs is 1. The second-order valence-corrected chi connectivity index (χ2v) is 4.93. The van der Waals surface area contributed by atoms with Gasteiger partial charge >= 0.3 is 0 Å². The molecule has 0 aromatic carbocycles. The fourth-order valence-corrected chi connectivity index (χ4v) is 2.61. The molecule has 0 aromatic heterocycles. The van der Waals surface area contributed by atoms with Crippen LogP contribution in [0.2, 0.25) is 0 Å². The first-order valence-electron chi connectivity index (χ1n) is 5.59. The number of rotatable bonds is 2. The number of carbonyl (C=O) groups is 1. The minimum absolute atomic E-state index is 0.0299. The molecule has 15 heavy (non-hydrogen) atoms. The van der Waals surface area contributed by atoms with Crippen molar-refractivity contribution in [3.8, 4) is 0 Å². The number of halogens is 2. The van der Waals surface area contributed by atoms with Crippen molar-refractivity contribution in [1.82, 2.24) is 4.90 Å². The predicted octanol–water partition coefficient (Wildman–Crippen LogP) is 2.29. The molecule has 0 radical (unpaired) electrons. The summed E-state index contributed by atoms with van der Waals surface area (Å²) in [6, 6.07) is 0. The predicted molar refractivity (Wildman–Crippen MR) is 52.6 cm³/mol. The second kappa shape index (κ2) is 3.16. The summed E-state index contributed by atoms with van der Waals surface area (Å²) in [7, 11) is 0. The van der Waals surface area contributed by atoms with E-state index >= 15 is 0 Å². The van der Waals surface area contributed by atoms with Crippen molar-refractivity contribution in [1.29, 1.82) is 0 Å². The number of carbonyl (C=O) groups excluding carboxylic acids is 1. The van der Waals surface area contributed by atoms with E-state index < -0.39 is 17.3 Å². The molecule has 1 amide bonds.